The Morgan fingerprint density at radius 2 is 1.81 bits per heavy atom. The molecular formula is C21H26N2O3S. The second kappa shape index (κ2) is 7.35. The zero-order valence-corrected chi connectivity index (χ0v) is 16.8. The molecule has 1 aliphatic heterocycles. The number of nitrogens with one attached hydrogen (secondary N) is 1. The zero-order valence-electron chi connectivity index (χ0n) is 16.0. The molecule has 1 aliphatic rings. The average molecular weight is 387 g/mol. The van der Waals surface area contributed by atoms with Crippen LogP contribution in [-0.4, -0.2) is 20.9 Å². The highest BCUT2D eigenvalue weighted by atomic mass is 32.2. The first-order valence-electron chi connectivity index (χ1n) is 9.17. The van der Waals surface area contributed by atoms with E-state index in [2.05, 4.69) is 5.32 Å². The number of fused-ring (bicyclic) bond motifs is 1. The van der Waals surface area contributed by atoms with Crippen molar-refractivity contribution in [2.24, 2.45) is 5.41 Å². The Labute approximate surface area is 161 Å². The molecule has 1 heterocycles. The molecule has 5 nitrogen and oxygen atoms in total. The van der Waals surface area contributed by atoms with Crippen molar-refractivity contribution in [3.63, 3.8) is 0 Å². The maximum Gasteiger partial charge on any atom is 0.264 e. The Morgan fingerprint density at radius 3 is 2.48 bits per heavy atom. The van der Waals surface area contributed by atoms with Crippen molar-refractivity contribution < 1.29 is 13.2 Å². The van der Waals surface area contributed by atoms with E-state index in [-0.39, 0.29) is 11.3 Å². The molecule has 0 spiro atoms. The molecule has 2 aromatic rings. The highest BCUT2D eigenvalue weighted by molar-refractivity contribution is 7.92. The van der Waals surface area contributed by atoms with Crippen LogP contribution in [0.5, 0.6) is 0 Å². The van der Waals surface area contributed by atoms with Crippen LogP contribution in [-0.2, 0) is 21.2 Å². The third-order valence-corrected chi connectivity index (χ3v) is 6.29. The van der Waals surface area contributed by atoms with Crippen molar-refractivity contribution in [2.75, 3.05) is 16.2 Å². The first-order valence-corrected chi connectivity index (χ1v) is 10.6. The van der Waals surface area contributed by atoms with Crippen LogP contribution in [0.3, 0.4) is 0 Å². The minimum atomic E-state index is -3.59. The maximum atomic E-state index is 13.0. The molecule has 144 valence electrons. The second-order valence-electron chi connectivity index (χ2n) is 8.12. The number of amides is 1. The van der Waals surface area contributed by atoms with E-state index in [1.165, 1.54) is 4.31 Å². The Hall–Kier alpha value is -2.34. The minimum Gasteiger partial charge on any atom is -0.326 e. The van der Waals surface area contributed by atoms with E-state index in [0.717, 1.165) is 18.4 Å². The summed E-state index contributed by atoms with van der Waals surface area (Å²) in [6, 6.07) is 13.9. The van der Waals surface area contributed by atoms with Crippen molar-refractivity contribution in [3.8, 4) is 0 Å². The Kier molecular flexibility index (Phi) is 5.29. The van der Waals surface area contributed by atoms with E-state index in [1.54, 1.807) is 42.5 Å². The minimum absolute atomic E-state index is 0.0352. The number of benzene rings is 2. The molecule has 2 aromatic carbocycles. The predicted molar refractivity (Wildman–Crippen MR) is 108 cm³/mol. The van der Waals surface area contributed by atoms with Crippen LogP contribution in [0.1, 0.15) is 39.2 Å². The summed E-state index contributed by atoms with van der Waals surface area (Å²) in [5.41, 5.74) is 2.26. The van der Waals surface area contributed by atoms with Gasteiger partial charge >= 0.3 is 0 Å². The zero-order chi connectivity index (χ0) is 19.7. The molecule has 0 unspecified atom stereocenters. The van der Waals surface area contributed by atoms with E-state index in [1.807, 2.05) is 26.8 Å². The number of carbonyl (C=O) groups is 1. The van der Waals surface area contributed by atoms with Crippen LogP contribution >= 0.6 is 0 Å². The number of nitrogens with zero attached hydrogens (tertiary/aromatic N) is 1. The third kappa shape index (κ3) is 4.50. The lowest BCUT2D eigenvalue weighted by Gasteiger charge is -2.31. The lowest BCUT2D eigenvalue weighted by Crippen LogP contribution is -2.35. The number of sulfonamides is 1. The van der Waals surface area contributed by atoms with Crippen LogP contribution in [0.4, 0.5) is 11.4 Å². The SMILES string of the molecule is CC(C)(C)CC(=O)Nc1ccc2c(c1)CCCN2S(=O)(=O)c1ccccc1. The van der Waals surface area contributed by atoms with E-state index in [0.29, 0.717) is 29.2 Å². The van der Waals surface area contributed by atoms with Gasteiger partial charge in [0.1, 0.15) is 0 Å². The third-order valence-electron chi connectivity index (χ3n) is 4.46. The average Bonchev–Trinajstić information content (AvgIpc) is 2.60. The lowest BCUT2D eigenvalue weighted by atomic mass is 9.92. The molecule has 1 amide bonds. The van der Waals surface area contributed by atoms with Gasteiger partial charge in [-0.15, -0.1) is 0 Å². The summed E-state index contributed by atoms with van der Waals surface area (Å²) in [6.45, 7) is 6.52. The molecule has 0 saturated carbocycles. The van der Waals surface area contributed by atoms with Gasteiger partial charge in [0.05, 0.1) is 10.6 Å². The molecule has 0 bridgehead atoms. The normalized spacial score (nSPS) is 14.6. The van der Waals surface area contributed by atoms with E-state index in [9.17, 15) is 13.2 Å². The molecule has 0 radical (unpaired) electrons. The van der Waals surface area contributed by atoms with Gasteiger partial charge in [0.25, 0.3) is 10.0 Å². The van der Waals surface area contributed by atoms with E-state index >= 15 is 0 Å². The largest absolute Gasteiger partial charge is 0.326 e. The fourth-order valence-corrected chi connectivity index (χ4v) is 4.86. The van der Waals surface area contributed by atoms with Gasteiger partial charge in [0, 0.05) is 18.7 Å². The van der Waals surface area contributed by atoms with Crippen molar-refractivity contribution >= 4 is 27.3 Å². The quantitative estimate of drug-likeness (QED) is 0.856. The summed E-state index contributed by atoms with van der Waals surface area (Å²) in [5, 5.41) is 2.93. The smallest absolute Gasteiger partial charge is 0.264 e. The summed E-state index contributed by atoms with van der Waals surface area (Å²) in [5.74, 6) is -0.0352. The Bertz CT molecular complexity index is 932. The fraction of sp³-hybridized carbons (Fsp3) is 0.381. The second-order valence-corrected chi connectivity index (χ2v) is 9.99. The molecule has 27 heavy (non-hydrogen) atoms. The summed E-state index contributed by atoms with van der Waals surface area (Å²) < 4.78 is 27.5. The van der Waals surface area contributed by atoms with Crippen LogP contribution in [0.25, 0.3) is 0 Å². The lowest BCUT2D eigenvalue weighted by molar-refractivity contribution is -0.117. The number of anilines is 2. The van der Waals surface area contributed by atoms with Crippen LogP contribution in [0, 0.1) is 5.41 Å². The van der Waals surface area contributed by atoms with Crippen molar-refractivity contribution in [1.29, 1.82) is 0 Å². The topological polar surface area (TPSA) is 66.5 Å². The number of carbonyl (C=O) groups excluding carboxylic acids is 1. The van der Waals surface area contributed by atoms with Gasteiger partial charge in [-0.1, -0.05) is 39.0 Å². The highest BCUT2D eigenvalue weighted by Gasteiger charge is 2.29. The van der Waals surface area contributed by atoms with Gasteiger partial charge in [0.15, 0.2) is 0 Å². The van der Waals surface area contributed by atoms with Gasteiger partial charge in [-0.25, -0.2) is 8.42 Å². The highest BCUT2D eigenvalue weighted by Crippen LogP contribution is 2.34. The number of hydrogen-bond acceptors (Lipinski definition) is 3. The first-order chi connectivity index (χ1) is 12.7. The molecule has 0 aliphatic carbocycles. The summed E-state index contributed by atoms with van der Waals surface area (Å²) in [6.07, 6.45) is 1.97. The number of rotatable bonds is 4. The molecular weight excluding hydrogens is 360 g/mol. The molecule has 0 fully saturated rings. The van der Waals surface area contributed by atoms with Gasteiger partial charge < -0.3 is 5.32 Å². The summed E-state index contributed by atoms with van der Waals surface area (Å²) >= 11 is 0. The number of hydrogen-bond donors (Lipinski definition) is 1. The van der Waals surface area contributed by atoms with E-state index < -0.39 is 10.0 Å². The summed E-state index contributed by atoms with van der Waals surface area (Å²) in [7, 11) is -3.59. The molecule has 0 atom stereocenters. The van der Waals surface area contributed by atoms with Crippen LogP contribution < -0.4 is 9.62 Å². The molecule has 0 aromatic heterocycles. The molecule has 1 N–H and O–H groups in total. The molecule has 3 rings (SSSR count). The standard InChI is InChI=1S/C21H26N2O3S/c1-21(2,3)15-20(24)22-17-11-12-19-16(14-17)8-7-13-23(19)27(25,26)18-9-5-4-6-10-18/h4-6,9-12,14H,7-8,13,15H2,1-3H3,(H,22,24). The van der Waals surface area contributed by atoms with Crippen molar-refractivity contribution in [1.82, 2.24) is 0 Å². The molecule has 6 heteroatoms. The number of aryl methyl sites for hydroxylation is 1. The van der Waals surface area contributed by atoms with Gasteiger partial charge in [-0.3, -0.25) is 9.10 Å². The van der Waals surface area contributed by atoms with Crippen molar-refractivity contribution in [2.45, 2.75) is 44.9 Å². The Morgan fingerprint density at radius 1 is 1.11 bits per heavy atom. The summed E-state index contributed by atoms with van der Waals surface area (Å²) in [4.78, 5) is 12.5. The van der Waals surface area contributed by atoms with Crippen molar-refractivity contribution in [3.05, 3.63) is 54.1 Å². The fourth-order valence-electron chi connectivity index (χ4n) is 3.30. The van der Waals surface area contributed by atoms with Gasteiger partial charge in [-0.05, 0) is 54.2 Å². The monoisotopic (exact) mass is 386 g/mol. The predicted octanol–water partition coefficient (Wildman–Crippen LogP) is 4.20. The van der Waals surface area contributed by atoms with Gasteiger partial charge in [0.2, 0.25) is 5.91 Å². The van der Waals surface area contributed by atoms with E-state index in [4.69, 9.17) is 0 Å². The maximum absolute atomic E-state index is 13.0. The Balaban J connectivity index is 1.86. The molecule has 0 saturated heterocycles. The van der Waals surface area contributed by atoms with Gasteiger partial charge in [-0.2, -0.15) is 0 Å². The first kappa shape index (κ1) is 19.4. The van der Waals surface area contributed by atoms with Crippen LogP contribution in [0.15, 0.2) is 53.4 Å². The van der Waals surface area contributed by atoms with Crippen LogP contribution in [0.2, 0.25) is 0 Å².